The second-order valence-corrected chi connectivity index (χ2v) is 3.53. The van der Waals surface area contributed by atoms with E-state index >= 15 is 0 Å². The van der Waals surface area contributed by atoms with Crippen LogP contribution in [0.2, 0.25) is 0 Å². The molecule has 3 heteroatoms. The van der Waals surface area contributed by atoms with Crippen LogP contribution in [0.5, 0.6) is 0 Å². The van der Waals surface area contributed by atoms with E-state index in [9.17, 15) is 0 Å². The molecule has 0 amide bonds. The molecule has 0 aliphatic heterocycles. The van der Waals surface area contributed by atoms with Crippen LogP contribution in [-0.2, 0) is 4.74 Å². The van der Waals surface area contributed by atoms with E-state index < -0.39 is 0 Å². The van der Waals surface area contributed by atoms with Crippen molar-refractivity contribution in [2.75, 3.05) is 19.0 Å². The fourth-order valence-electron chi connectivity index (χ4n) is 0.843. The molecule has 1 rings (SSSR count). The molecular weight excluding hydrogens is 164 g/mol. The molecule has 0 radical (unpaired) electrons. The largest absolute Gasteiger partial charge is 0.377 e. The molecular formula is C10H16N2O. The van der Waals surface area contributed by atoms with Crippen LogP contribution in [0.1, 0.15) is 13.8 Å². The molecule has 1 N–H and O–H groups in total. The van der Waals surface area contributed by atoms with Crippen LogP contribution in [0.25, 0.3) is 0 Å². The Bertz CT molecular complexity index is 246. The fourth-order valence-corrected chi connectivity index (χ4v) is 0.843. The van der Waals surface area contributed by atoms with Gasteiger partial charge in [0.25, 0.3) is 0 Å². The minimum Gasteiger partial charge on any atom is -0.377 e. The first-order chi connectivity index (χ1) is 6.14. The number of aromatic nitrogens is 1. The molecule has 0 atom stereocenters. The average molecular weight is 180 g/mol. The van der Waals surface area contributed by atoms with Crippen LogP contribution < -0.4 is 5.32 Å². The number of nitrogens with one attached hydrogen (secondary N) is 1. The maximum atomic E-state index is 5.27. The van der Waals surface area contributed by atoms with Crippen molar-refractivity contribution in [3.8, 4) is 0 Å². The molecule has 1 heterocycles. The van der Waals surface area contributed by atoms with E-state index in [4.69, 9.17) is 4.74 Å². The van der Waals surface area contributed by atoms with Gasteiger partial charge in [0.05, 0.1) is 5.60 Å². The lowest BCUT2D eigenvalue weighted by atomic mass is 10.1. The van der Waals surface area contributed by atoms with Gasteiger partial charge in [-0.2, -0.15) is 0 Å². The van der Waals surface area contributed by atoms with Gasteiger partial charge in [-0.15, -0.1) is 0 Å². The topological polar surface area (TPSA) is 34.1 Å². The highest BCUT2D eigenvalue weighted by molar-refractivity contribution is 5.33. The van der Waals surface area contributed by atoms with Gasteiger partial charge in [0.15, 0.2) is 0 Å². The average Bonchev–Trinajstić information content (AvgIpc) is 2.17. The third kappa shape index (κ3) is 3.42. The van der Waals surface area contributed by atoms with E-state index in [1.807, 2.05) is 32.0 Å². The molecule has 0 fully saturated rings. The Morgan fingerprint density at radius 1 is 1.46 bits per heavy atom. The summed E-state index contributed by atoms with van der Waals surface area (Å²) < 4.78 is 5.27. The number of nitrogens with zero attached hydrogens (tertiary/aromatic N) is 1. The lowest BCUT2D eigenvalue weighted by Gasteiger charge is -2.23. The highest BCUT2D eigenvalue weighted by Crippen LogP contribution is 2.08. The first kappa shape index (κ1) is 9.99. The summed E-state index contributed by atoms with van der Waals surface area (Å²) in [5, 5.41) is 3.20. The zero-order chi connectivity index (χ0) is 9.73. The Balaban J connectivity index is 2.44. The summed E-state index contributed by atoms with van der Waals surface area (Å²) in [6.07, 6.45) is 1.77. The van der Waals surface area contributed by atoms with Gasteiger partial charge in [0.1, 0.15) is 5.82 Å². The van der Waals surface area contributed by atoms with Crippen LogP contribution in [0.3, 0.4) is 0 Å². The summed E-state index contributed by atoms with van der Waals surface area (Å²) in [4.78, 5) is 4.15. The molecule has 0 unspecified atom stereocenters. The molecule has 72 valence electrons. The van der Waals surface area contributed by atoms with Crippen molar-refractivity contribution in [2.45, 2.75) is 19.4 Å². The maximum absolute atomic E-state index is 5.27. The number of anilines is 1. The molecule has 0 spiro atoms. The second kappa shape index (κ2) is 4.23. The molecule has 13 heavy (non-hydrogen) atoms. The normalized spacial score (nSPS) is 11.3. The minimum atomic E-state index is -0.155. The number of hydrogen-bond donors (Lipinski definition) is 1. The Kier molecular flexibility index (Phi) is 3.25. The van der Waals surface area contributed by atoms with Crippen LogP contribution >= 0.6 is 0 Å². The lowest BCUT2D eigenvalue weighted by molar-refractivity contribution is 0.0343. The molecule has 0 bridgehead atoms. The Morgan fingerprint density at radius 3 is 2.77 bits per heavy atom. The van der Waals surface area contributed by atoms with E-state index in [1.165, 1.54) is 0 Å². The number of hydrogen-bond acceptors (Lipinski definition) is 3. The highest BCUT2D eigenvalue weighted by atomic mass is 16.5. The van der Waals surface area contributed by atoms with Gasteiger partial charge in [-0.05, 0) is 26.0 Å². The van der Waals surface area contributed by atoms with Gasteiger partial charge in [-0.3, -0.25) is 0 Å². The van der Waals surface area contributed by atoms with Crippen molar-refractivity contribution in [3.63, 3.8) is 0 Å². The smallest absolute Gasteiger partial charge is 0.125 e. The van der Waals surface area contributed by atoms with Crippen LogP contribution in [0.4, 0.5) is 5.82 Å². The number of methoxy groups -OCH3 is 1. The number of pyridine rings is 1. The molecule has 0 aliphatic carbocycles. The van der Waals surface area contributed by atoms with Gasteiger partial charge in [-0.1, -0.05) is 6.07 Å². The van der Waals surface area contributed by atoms with Crippen molar-refractivity contribution < 1.29 is 4.74 Å². The van der Waals surface area contributed by atoms with Gasteiger partial charge in [-0.25, -0.2) is 4.98 Å². The van der Waals surface area contributed by atoms with E-state index in [0.717, 1.165) is 12.4 Å². The lowest BCUT2D eigenvalue weighted by Crippen LogP contribution is -2.32. The van der Waals surface area contributed by atoms with Crippen molar-refractivity contribution in [3.05, 3.63) is 24.4 Å². The molecule has 0 saturated heterocycles. The van der Waals surface area contributed by atoms with Crippen molar-refractivity contribution in [1.29, 1.82) is 0 Å². The quantitative estimate of drug-likeness (QED) is 0.768. The minimum absolute atomic E-state index is 0.155. The molecule has 0 saturated carbocycles. The predicted molar refractivity (Wildman–Crippen MR) is 53.8 cm³/mol. The summed E-state index contributed by atoms with van der Waals surface area (Å²) in [7, 11) is 1.71. The summed E-state index contributed by atoms with van der Waals surface area (Å²) >= 11 is 0. The number of rotatable bonds is 4. The van der Waals surface area contributed by atoms with Gasteiger partial charge in [0.2, 0.25) is 0 Å². The van der Waals surface area contributed by atoms with Gasteiger partial charge >= 0.3 is 0 Å². The number of ether oxygens (including phenoxy) is 1. The fraction of sp³-hybridized carbons (Fsp3) is 0.500. The van der Waals surface area contributed by atoms with Gasteiger partial charge in [0, 0.05) is 19.9 Å². The first-order valence-electron chi connectivity index (χ1n) is 4.34. The third-order valence-corrected chi connectivity index (χ3v) is 1.91. The molecule has 1 aromatic rings. The molecule has 0 aromatic carbocycles. The highest BCUT2D eigenvalue weighted by Gasteiger charge is 2.15. The van der Waals surface area contributed by atoms with Gasteiger partial charge < -0.3 is 10.1 Å². The molecule has 1 aromatic heterocycles. The van der Waals surface area contributed by atoms with Crippen LogP contribution in [0.15, 0.2) is 24.4 Å². The van der Waals surface area contributed by atoms with E-state index in [-0.39, 0.29) is 5.60 Å². The summed E-state index contributed by atoms with van der Waals surface area (Å²) in [6, 6.07) is 5.79. The second-order valence-electron chi connectivity index (χ2n) is 3.53. The van der Waals surface area contributed by atoms with Crippen molar-refractivity contribution >= 4 is 5.82 Å². The summed E-state index contributed by atoms with van der Waals surface area (Å²) in [6.45, 7) is 4.81. The van der Waals surface area contributed by atoms with E-state index in [1.54, 1.807) is 13.3 Å². The predicted octanol–water partition coefficient (Wildman–Crippen LogP) is 1.92. The van der Waals surface area contributed by atoms with E-state index in [2.05, 4.69) is 10.3 Å². The van der Waals surface area contributed by atoms with Crippen molar-refractivity contribution in [2.24, 2.45) is 0 Å². The summed E-state index contributed by atoms with van der Waals surface area (Å²) in [5.74, 6) is 0.882. The zero-order valence-corrected chi connectivity index (χ0v) is 8.37. The zero-order valence-electron chi connectivity index (χ0n) is 8.37. The Hall–Kier alpha value is -1.09. The molecule has 3 nitrogen and oxygen atoms in total. The van der Waals surface area contributed by atoms with Crippen molar-refractivity contribution in [1.82, 2.24) is 4.98 Å². The third-order valence-electron chi connectivity index (χ3n) is 1.91. The molecule has 0 aliphatic rings. The van der Waals surface area contributed by atoms with Crippen LogP contribution in [-0.4, -0.2) is 24.2 Å². The SMILES string of the molecule is COC(C)(C)CNc1ccccn1. The monoisotopic (exact) mass is 180 g/mol. The van der Waals surface area contributed by atoms with Crippen LogP contribution in [0, 0.1) is 0 Å². The standard InChI is InChI=1S/C10H16N2O/c1-10(2,13-3)8-12-9-6-4-5-7-11-9/h4-7H,8H2,1-3H3,(H,11,12). The van der Waals surface area contributed by atoms with E-state index in [0.29, 0.717) is 0 Å². The Labute approximate surface area is 79.1 Å². The maximum Gasteiger partial charge on any atom is 0.125 e. The Morgan fingerprint density at radius 2 is 2.23 bits per heavy atom. The first-order valence-corrected chi connectivity index (χ1v) is 4.34. The summed E-state index contributed by atoms with van der Waals surface area (Å²) in [5.41, 5.74) is -0.155.